The molecule has 0 saturated carbocycles. The van der Waals surface area contributed by atoms with Crippen LogP contribution in [-0.2, 0) is 0 Å². The number of nitrogens with zero attached hydrogens (tertiary/aromatic N) is 1. The number of rotatable bonds is 0. The zero-order chi connectivity index (χ0) is 7.94. The normalized spacial score (nSPS) is 8.45. The summed E-state index contributed by atoms with van der Waals surface area (Å²) in [7, 11) is 0. The monoisotopic (exact) mass is 145 g/mol. The summed E-state index contributed by atoms with van der Waals surface area (Å²) >= 11 is 0. The molecule has 1 nitrogen and oxygen atoms in total. The van der Waals surface area contributed by atoms with Crippen LogP contribution in [0.4, 0.5) is 0 Å². The molecule has 1 heteroatoms. The highest BCUT2D eigenvalue weighted by atomic mass is 14.6. The Morgan fingerprint density at radius 3 is 2.36 bits per heavy atom. The maximum absolute atomic E-state index is 4.15. The zero-order valence-electron chi connectivity index (χ0n) is 6.57. The molecule has 0 atom stereocenters. The molecule has 0 amide bonds. The van der Waals surface area contributed by atoms with Gasteiger partial charge in [-0.2, -0.15) is 0 Å². The Morgan fingerprint density at radius 2 is 1.55 bits per heavy atom. The highest BCUT2D eigenvalue weighted by molar-refractivity contribution is 5.00. The summed E-state index contributed by atoms with van der Waals surface area (Å²) < 4.78 is 0. The molecule has 1 heterocycles. The van der Waals surface area contributed by atoms with Crippen molar-refractivity contribution in [1.29, 1.82) is 0 Å². The minimum Gasteiger partial charge on any atom is -0.262 e. The van der Waals surface area contributed by atoms with Gasteiger partial charge in [-0.25, -0.2) is 0 Å². The maximum Gasteiger partial charge on any atom is 0.0372 e. The molecule has 0 aliphatic heterocycles. The number of aryl methyl sites for hydroxylation is 1. The van der Waals surface area contributed by atoms with E-state index in [1.54, 1.807) is 6.20 Å². The van der Waals surface area contributed by atoms with E-state index in [0.717, 1.165) is 5.69 Å². The SMILES string of the molecule is Cc1ccccccccn1. The Balaban J connectivity index is 3.11. The van der Waals surface area contributed by atoms with Crippen LogP contribution in [-0.4, -0.2) is 4.98 Å². The predicted molar refractivity (Wildman–Crippen MR) is 46.6 cm³/mol. The second-order valence-electron chi connectivity index (χ2n) is 2.24. The molecule has 1 rings (SSSR count). The molecule has 0 unspecified atom stereocenters. The van der Waals surface area contributed by atoms with Gasteiger partial charge in [0.2, 0.25) is 0 Å². The van der Waals surface area contributed by atoms with E-state index in [4.69, 9.17) is 0 Å². The van der Waals surface area contributed by atoms with Gasteiger partial charge in [-0.3, -0.25) is 4.98 Å². The van der Waals surface area contributed by atoms with Crippen LogP contribution < -0.4 is 0 Å². The summed E-state index contributed by atoms with van der Waals surface area (Å²) in [5.41, 5.74) is 1.02. The zero-order valence-corrected chi connectivity index (χ0v) is 6.57. The van der Waals surface area contributed by atoms with Crippen molar-refractivity contribution in [2.24, 2.45) is 0 Å². The van der Waals surface area contributed by atoms with Gasteiger partial charge in [0.1, 0.15) is 0 Å². The van der Waals surface area contributed by atoms with E-state index in [1.165, 1.54) is 0 Å². The summed E-state index contributed by atoms with van der Waals surface area (Å²) in [6, 6.07) is 13.7. The predicted octanol–water partition coefficient (Wildman–Crippen LogP) is 2.51. The van der Waals surface area contributed by atoms with Gasteiger partial charge >= 0.3 is 0 Å². The van der Waals surface area contributed by atoms with Gasteiger partial charge in [0, 0.05) is 11.9 Å². The molecule has 1 aromatic rings. The lowest BCUT2D eigenvalue weighted by molar-refractivity contribution is 1.22. The Morgan fingerprint density at radius 1 is 0.909 bits per heavy atom. The molecule has 0 fully saturated rings. The van der Waals surface area contributed by atoms with Gasteiger partial charge < -0.3 is 0 Å². The topological polar surface area (TPSA) is 12.9 Å². The first-order valence-corrected chi connectivity index (χ1v) is 3.60. The van der Waals surface area contributed by atoms with Gasteiger partial charge in [-0.15, -0.1) is 0 Å². The molecular weight excluding hydrogens is 134 g/mol. The fourth-order valence-electron chi connectivity index (χ4n) is 0.705. The van der Waals surface area contributed by atoms with E-state index in [-0.39, 0.29) is 0 Å². The summed E-state index contributed by atoms with van der Waals surface area (Å²) in [4.78, 5) is 4.15. The van der Waals surface area contributed by atoms with Crippen LogP contribution in [0.15, 0.2) is 48.7 Å². The first-order valence-electron chi connectivity index (χ1n) is 3.60. The van der Waals surface area contributed by atoms with Gasteiger partial charge in [0.15, 0.2) is 0 Å². The lowest BCUT2D eigenvalue weighted by Crippen LogP contribution is -1.69. The van der Waals surface area contributed by atoms with E-state index >= 15 is 0 Å². The van der Waals surface area contributed by atoms with Crippen molar-refractivity contribution in [2.75, 3.05) is 0 Å². The van der Waals surface area contributed by atoms with Gasteiger partial charge in [0.05, 0.1) is 0 Å². The molecule has 0 saturated heterocycles. The van der Waals surface area contributed by atoms with Crippen molar-refractivity contribution in [2.45, 2.75) is 6.92 Å². The van der Waals surface area contributed by atoms with Crippen molar-refractivity contribution in [3.05, 3.63) is 54.4 Å². The smallest absolute Gasteiger partial charge is 0.0372 e. The van der Waals surface area contributed by atoms with Crippen LogP contribution in [0.2, 0.25) is 0 Å². The summed E-state index contributed by atoms with van der Waals surface area (Å²) in [5.74, 6) is 0. The number of hydrogen-bond donors (Lipinski definition) is 0. The Labute approximate surface area is 67.1 Å². The lowest BCUT2D eigenvalue weighted by atomic mass is 10.4. The largest absolute Gasteiger partial charge is 0.262 e. The summed E-state index contributed by atoms with van der Waals surface area (Å²) in [5, 5.41) is 0. The second kappa shape index (κ2) is 4.45. The molecule has 0 spiro atoms. The van der Waals surface area contributed by atoms with E-state index in [1.807, 2.05) is 49.4 Å². The van der Waals surface area contributed by atoms with Crippen molar-refractivity contribution in [3.8, 4) is 0 Å². The third-order valence-electron chi connectivity index (χ3n) is 1.26. The minimum absolute atomic E-state index is 1.02. The van der Waals surface area contributed by atoms with Crippen molar-refractivity contribution >= 4 is 0 Å². The average molecular weight is 145 g/mol. The molecule has 0 aliphatic carbocycles. The highest BCUT2D eigenvalue weighted by Crippen LogP contribution is 1.84. The summed E-state index contributed by atoms with van der Waals surface area (Å²) in [6.07, 6.45) is 1.79. The fraction of sp³-hybridized carbons (Fsp3) is 0.100. The quantitative estimate of drug-likeness (QED) is 0.546. The molecule has 0 N–H and O–H groups in total. The van der Waals surface area contributed by atoms with Crippen molar-refractivity contribution < 1.29 is 0 Å². The third-order valence-corrected chi connectivity index (χ3v) is 1.26. The van der Waals surface area contributed by atoms with Gasteiger partial charge in [0.25, 0.3) is 0 Å². The fourth-order valence-corrected chi connectivity index (χ4v) is 0.705. The van der Waals surface area contributed by atoms with Crippen LogP contribution in [0.5, 0.6) is 0 Å². The van der Waals surface area contributed by atoms with Crippen molar-refractivity contribution in [1.82, 2.24) is 4.98 Å². The number of aromatic nitrogens is 1. The van der Waals surface area contributed by atoms with Crippen LogP contribution >= 0.6 is 0 Å². The second-order valence-corrected chi connectivity index (χ2v) is 2.24. The molecule has 0 aliphatic rings. The first-order chi connectivity index (χ1) is 5.39. The van der Waals surface area contributed by atoms with Crippen LogP contribution in [0.1, 0.15) is 5.69 Å². The van der Waals surface area contributed by atoms with E-state index in [2.05, 4.69) is 4.98 Å². The van der Waals surface area contributed by atoms with E-state index < -0.39 is 0 Å². The molecular formula is C10H11N. The van der Waals surface area contributed by atoms with E-state index in [0.29, 0.717) is 0 Å². The Bertz CT molecular complexity index is 242. The molecule has 1 aromatic heterocycles. The van der Waals surface area contributed by atoms with Crippen LogP contribution in [0.25, 0.3) is 0 Å². The molecule has 0 bridgehead atoms. The maximum atomic E-state index is 4.15. The molecule has 0 radical (unpaired) electrons. The standard InChI is InChI=1S/C10H11N/c1-10-8-6-4-2-3-5-7-9-11-10/h2-9H,1H3. The van der Waals surface area contributed by atoms with Gasteiger partial charge in [-0.05, 0) is 19.1 Å². The van der Waals surface area contributed by atoms with Crippen LogP contribution in [0.3, 0.4) is 0 Å². The van der Waals surface area contributed by atoms with Crippen LogP contribution in [0, 0.1) is 6.92 Å². The third kappa shape index (κ3) is 3.36. The van der Waals surface area contributed by atoms with Crippen molar-refractivity contribution in [3.63, 3.8) is 0 Å². The van der Waals surface area contributed by atoms with E-state index in [9.17, 15) is 0 Å². The minimum atomic E-state index is 1.02. The lowest BCUT2D eigenvalue weighted by Gasteiger charge is -1.79. The Kier molecular flexibility index (Phi) is 3.13. The molecule has 56 valence electrons. The number of hydrogen-bond acceptors (Lipinski definition) is 1. The molecule has 0 aromatic carbocycles. The first kappa shape index (κ1) is 7.73. The summed E-state index contributed by atoms with van der Waals surface area (Å²) in [6.45, 7) is 1.97. The Hall–Kier alpha value is -1.37. The average Bonchev–Trinajstić information content (AvgIpc) is 2.03. The highest BCUT2D eigenvalue weighted by Gasteiger charge is 1.70. The van der Waals surface area contributed by atoms with Gasteiger partial charge in [-0.1, -0.05) is 30.3 Å². The molecule has 11 heavy (non-hydrogen) atoms.